The molecule has 0 aromatic heterocycles. The summed E-state index contributed by atoms with van der Waals surface area (Å²) < 4.78 is 11.5. The highest BCUT2D eigenvalue weighted by Crippen LogP contribution is 2.30. The van der Waals surface area contributed by atoms with Crippen molar-refractivity contribution < 1.29 is 19.7 Å². The summed E-state index contributed by atoms with van der Waals surface area (Å²) in [5.74, 6) is 1.46. The van der Waals surface area contributed by atoms with Gasteiger partial charge in [0.05, 0.1) is 13.2 Å². The standard InChI is InChI=1S/C23H32O4/c1-2-3-4-7-19-8-10-20(11-9-19)21-16-22(26-14-5-12-24)18-23(17-21)27-15-6-13-25/h8-11,16-18,24-25H,2-7,12-15H2,1H3. The third-order valence-corrected chi connectivity index (χ3v) is 4.38. The van der Waals surface area contributed by atoms with Gasteiger partial charge in [0.25, 0.3) is 0 Å². The Morgan fingerprint density at radius 2 is 1.30 bits per heavy atom. The third-order valence-electron chi connectivity index (χ3n) is 4.38. The molecule has 0 saturated carbocycles. The molecule has 0 amide bonds. The van der Waals surface area contributed by atoms with E-state index in [1.807, 2.05) is 18.2 Å². The molecule has 4 heteroatoms. The van der Waals surface area contributed by atoms with Crippen molar-refractivity contribution in [3.63, 3.8) is 0 Å². The van der Waals surface area contributed by atoms with Crippen LogP contribution in [0.5, 0.6) is 11.5 Å². The van der Waals surface area contributed by atoms with E-state index >= 15 is 0 Å². The Hall–Kier alpha value is -2.04. The molecule has 2 aromatic carbocycles. The zero-order chi connectivity index (χ0) is 19.3. The van der Waals surface area contributed by atoms with Crippen LogP contribution in [0.25, 0.3) is 11.1 Å². The van der Waals surface area contributed by atoms with E-state index in [1.54, 1.807) is 0 Å². The molecule has 27 heavy (non-hydrogen) atoms. The van der Waals surface area contributed by atoms with Crippen LogP contribution in [0.1, 0.15) is 44.6 Å². The van der Waals surface area contributed by atoms with Gasteiger partial charge in [-0.3, -0.25) is 0 Å². The summed E-state index contributed by atoms with van der Waals surface area (Å²) in [6.45, 7) is 3.37. The second kappa shape index (κ2) is 12.4. The number of unbranched alkanes of at least 4 members (excludes halogenated alkanes) is 2. The Labute approximate surface area is 162 Å². The van der Waals surface area contributed by atoms with E-state index in [4.69, 9.17) is 19.7 Å². The molecule has 0 radical (unpaired) electrons. The second-order valence-electron chi connectivity index (χ2n) is 6.70. The molecule has 0 aliphatic rings. The Morgan fingerprint density at radius 1 is 0.704 bits per heavy atom. The molecule has 0 spiro atoms. The molecular formula is C23H32O4. The third kappa shape index (κ3) is 7.61. The van der Waals surface area contributed by atoms with Crippen LogP contribution in [-0.2, 0) is 6.42 Å². The van der Waals surface area contributed by atoms with Gasteiger partial charge < -0.3 is 19.7 Å². The first-order chi connectivity index (χ1) is 13.3. The highest BCUT2D eigenvalue weighted by Gasteiger charge is 2.06. The van der Waals surface area contributed by atoms with E-state index in [-0.39, 0.29) is 13.2 Å². The molecule has 4 nitrogen and oxygen atoms in total. The Bertz CT molecular complexity index is 624. The average Bonchev–Trinajstić information content (AvgIpc) is 2.69. The predicted octanol–water partition coefficient (Wildman–Crippen LogP) is 4.61. The van der Waals surface area contributed by atoms with Crippen LogP contribution >= 0.6 is 0 Å². The van der Waals surface area contributed by atoms with E-state index < -0.39 is 0 Å². The van der Waals surface area contributed by atoms with Crippen molar-refractivity contribution >= 4 is 0 Å². The van der Waals surface area contributed by atoms with Gasteiger partial charge in [-0.25, -0.2) is 0 Å². The van der Waals surface area contributed by atoms with Crippen LogP contribution in [-0.4, -0.2) is 36.6 Å². The van der Waals surface area contributed by atoms with Crippen molar-refractivity contribution in [2.45, 2.75) is 45.4 Å². The first-order valence-electron chi connectivity index (χ1n) is 9.98. The summed E-state index contributed by atoms with van der Waals surface area (Å²) in [6, 6.07) is 14.5. The van der Waals surface area contributed by atoms with Gasteiger partial charge in [-0.15, -0.1) is 0 Å². The van der Waals surface area contributed by atoms with Gasteiger partial charge >= 0.3 is 0 Å². The lowest BCUT2D eigenvalue weighted by Gasteiger charge is -2.13. The number of ether oxygens (including phenoxy) is 2. The number of hydrogen-bond donors (Lipinski definition) is 2. The summed E-state index contributed by atoms with van der Waals surface area (Å²) in [6.07, 6.45) is 6.04. The maximum atomic E-state index is 8.95. The molecule has 0 fully saturated rings. The van der Waals surface area contributed by atoms with E-state index in [2.05, 4.69) is 31.2 Å². The van der Waals surface area contributed by atoms with Crippen LogP contribution in [0.2, 0.25) is 0 Å². The molecule has 2 aromatic rings. The lowest BCUT2D eigenvalue weighted by atomic mass is 10.0. The highest BCUT2D eigenvalue weighted by atomic mass is 16.5. The van der Waals surface area contributed by atoms with E-state index in [1.165, 1.54) is 24.8 Å². The quantitative estimate of drug-likeness (QED) is 0.504. The molecule has 0 bridgehead atoms. The number of benzene rings is 2. The molecule has 0 heterocycles. The Kier molecular flexibility index (Phi) is 9.74. The van der Waals surface area contributed by atoms with Crippen molar-refractivity contribution in [2.75, 3.05) is 26.4 Å². The van der Waals surface area contributed by atoms with Crippen LogP contribution < -0.4 is 9.47 Å². The van der Waals surface area contributed by atoms with E-state index in [9.17, 15) is 0 Å². The number of aryl methyl sites for hydroxylation is 1. The molecule has 0 aliphatic carbocycles. The summed E-state index contributed by atoms with van der Waals surface area (Å²) in [4.78, 5) is 0. The molecule has 0 aliphatic heterocycles. The van der Waals surface area contributed by atoms with Crippen LogP contribution in [0.4, 0.5) is 0 Å². The Balaban J connectivity index is 2.14. The molecule has 2 N–H and O–H groups in total. The lowest BCUT2D eigenvalue weighted by Crippen LogP contribution is -2.02. The minimum Gasteiger partial charge on any atom is -0.493 e. The maximum Gasteiger partial charge on any atom is 0.123 e. The maximum absolute atomic E-state index is 8.95. The van der Waals surface area contributed by atoms with Gasteiger partial charge in [-0.1, -0.05) is 44.0 Å². The van der Waals surface area contributed by atoms with Crippen molar-refractivity contribution in [2.24, 2.45) is 0 Å². The summed E-state index contributed by atoms with van der Waals surface area (Å²) in [7, 11) is 0. The van der Waals surface area contributed by atoms with E-state index in [0.29, 0.717) is 26.1 Å². The first-order valence-corrected chi connectivity index (χ1v) is 9.98. The minimum absolute atomic E-state index is 0.110. The molecule has 2 rings (SSSR count). The molecule has 148 valence electrons. The Morgan fingerprint density at radius 3 is 1.81 bits per heavy atom. The molecule has 0 unspecified atom stereocenters. The largest absolute Gasteiger partial charge is 0.493 e. The smallest absolute Gasteiger partial charge is 0.123 e. The number of aliphatic hydroxyl groups is 2. The monoisotopic (exact) mass is 372 g/mol. The topological polar surface area (TPSA) is 58.9 Å². The molecule has 0 saturated heterocycles. The number of hydrogen-bond acceptors (Lipinski definition) is 4. The SMILES string of the molecule is CCCCCc1ccc(-c2cc(OCCCO)cc(OCCCO)c2)cc1. The normalized spacial score (nSPS) is 10.8. The van der Waals surface area contributed by atoms with Gasteiger partial charge in [-0.05, 0) is 41.7 Å². The van der Waals surface area contributed by atoms with Gasteiger partial charge in [0.1, 0.15) is 11.5 Å². The van der Waals surface area contributed by atoms with Gasteiger partial charge in [0.2, 0.25) is 0 Å². The zero-order valence-corrected chi connectivity index (χ0v) is 16.3. The van der Waals surface area contributed by atoms with Crippen molar-refractivity contribution in [1.29, 1.82) is 0 Å². The summed E-state index contributed by atoms with van der Waals surface area (Å²) in [5, 5.41) is 17.9. The van der Waals surface area contributed by atoms with Crippen molar-refractivity contribution in [1.82, 2.24) is 0 Å². The number of rotatable bonds is 13. The van der Waals surface area contributed by atoms with Crippen LogP contribution in [0.15, 0.2) is 42.5 Å². The fourth-order valence-corrected chi connectivity index (χ4v) is 2.86. The van der Waals surface area contributed by atoms with Crippen molar-refractivity contribution in [3.05, 3.63) is 48.0 Å². The second-order valence-corrected chi connectivity index (χ2v) is 6.70. The molecule has 0 atom stereocenters. The predicted molar refractivity (Wildman–Crippen MR) is 110 cm³/mol. The fourth-order valence-electron chi connectivity index (χ4n) is 2.86. The summed E-state index contributed by atoms with van der Waals surface area (Å²) >= 11 is 0. The average molecular weight is 373 g/mol. The van der Waals surface area contributed by atoms with E-state index in [0.717, 1.165) is 29.0 Å². The lowest BCUT2D eigenvalue weighted by molar-refractivity contribution is 0.228. The fraction of sp³-hybridized carbons (Fsp3) is 0.478. The van der Waals surface area contributed by atoms with Gasteiger partial charge in [0.15, 0.2) is 0 Å². The van der Waals surface area contributed by atoms with Crippen LogP contribution in [0, 0.1) is 0 Å². The highest BCUT2D eigenvalue weighted by molar-refractivity contribution is 5.67. The van der Waals surface area contributed by atoms with Crippen molar-refractivity contribution in [3.8, 4) is 22.6 Å². The summed E-state index contributed by atoms with van der Waals surface area (Å²) in [5.41, 5.74) is 3.52. The molecular weight excluding hydrogens is 340 g/mol. The van der Waals surface area contributed by atoms with Crippen LogP contribution in [0.3, 0.4) is 0 Å². The first kappa shape index (κ1) is 21.3. The minimum atomic E-state index is 0.110. The van der Waals surface area contributed by atoms with Gasteiger partial charge in [0, 0.05) is 32.1 Å². The number of aliphatic hydroxyl groups excluding tert-OH is 2. The zero-order valence-electron chi connectivity index (χ0n) is 16.3. The van der Waals surface area contributed by atoms with Gasteiger partial charge in [-0.2, -0.15) is 0 Å².